The van der Waals surface area contributed by atoms with Crippen molar-refractivity contribution in [3.05, 3.63) is 130 Å². The molecule has 0 aromatic heterocycles. The third-order valence-corrected chi connectivity index (χ3v) is 9.72. The van der Waals surface area contributed by atoms with Crippen LogP contribution in [0.3, 0.4) is 0 Å². The second-order valence-electron chi connectivity index (χ2n) is 11.9. The van der Waals surface area contributed by atoms with Crippen LogP contribution in [-0.2, 0) is 11.3 Å². The zero-order chi connectivity index (χ0) is 32.0. The van der Waals surface area contributed by atoms with Gasteiger partial charge >= 0.3 is 0 Å². The van der Waals surface area contributed by atoms with Crippen molar-refractivity contribution in [2.75, 3.05) is 49.1 Å². The number of anilines is 2. The third-order valence-electron chi connectivity index (χ3n) is 8.64. The van der Waals surface area contributed by atoms with Crippen molar-refractivity contribution < 1.29 is 14.0 Å². The third kappa shape index (κ3) is 7.35. The SMILES string of the molecule is Cc1ccc(C)c(CN2C(=O)/C(=C\c3ccc(C(=O)NCCCN4CCN(c5ccccc5F)CC4)cc3)Sc3ccccc32)c1. The minimum absolute atomic E-state index is 0.0277. The molecule has 2 aliphatic rings. The average molecular weight is 635 g/mol. The molecule has 4 aromatic carbocycles. The van der Waals surface area contributed by atoms with E-state index in [4.69, 9.17) is 0 Å². The van der Waals surface area contributed by atoms with E-state index in [-0.39, 0.29) is 17.6 Å². The quantitative estimate of drug-likeness (QED) is 0.158. The van der Waals surface area contributed by atoms with E-state index in [9.17, 15) is 14.0 Å². The molecule has 1 fully saturated rings. The molecule has 6 rings (SSSR count). The highest BCUT2D eigenvalue weighted by atomic mass is 32.2. The molecule has 1 N–H and O–H groups in total. The number of halogens is 1. The number of carbonyl (C=O) groups excluding carboxylic acids is 2. The zero-order valence-electron chi connectivity index (χ0n) is 26.3. The lowest BCUT2D eigenvalue weighted by molar-refractivity contribution is -0.114. The van der Waals surface area contributed by atoms with Gasteiger partial charge in [-0.3, -0.25) is 14.5 Å². The van der Waals surface area contributed by atoms with Crippen LogP contribution in [0.5, 0.6) is 0 Å². The summed E-state index contributed by atoms with van der Waals surface area (Å²) in [6.45, 7) is 9.44. The topological polar surface area (TPSA) is 55.9 Å². The molecular formula is C38H39FN4O2S. The normalized spacial score (nSPS) is 16.1. The van der Waals surface area contributed by atoms with E-state index in [1.165, 1.54) is 23.4 Å². The van der Waals surface area contributed by atoms with E-state index < -0.39 is 0 Å². The van der Waals surface area contributed by atoms with Gasteiger partial charge in [-0.15, -0.1) is 0 Å². The van der Waals surface area contributed by atoms with Crippen LogP contribution in [0.1, 0.15) is 39.0 Å². The fourth-order valence-electron chi connectivity index (χ4n) is 5.97. The molecule has 236 valence electrons. The molecule has 4 aromatic rings. The fourth-order valence-corrected chi connectivity index (χ4v) is 7.03. The Morgan fingerprint density at radius 1 is 0.891 bits per heavy atom. The summed E-state index contributed by atoms with van der Waals surface area (Å²) >= 11 is 1.48. The molecule has 0 radical (unpaired) electrons. The molecule has 0 aliphatic carbocycles. The molecule has 0 bridgehead atoms. The van der Waals surface area contributed by atoms with Crippen molar-refractivity contribution in [3.8, 4) is 0 Å². The van der Waals surface area contributed by atoms with Crippen molar-refractivity contribution >= 4 is 41.0 Å². The maximum absolute atomic E-state index is 14.1. The number of hydrogen-bond acceptors (Lipinski definition) is 5. The highest BCUT2D eigenvalue weighted by molar-refractivity contribution is 8.04. The number of thioether (sulfide) groups is 1. The molecule has 2 aliphatic heterocycles. The predicted octanol–water partition coefficient (Wildman–Crippen LogP) is 7.06. The molecule has 0 unspecified atom stereocenters. The highest BCUT2D eigenvalue weighted by Crippen LogP contribution is 2.42. The number of amides is 2. The monoisotopic (exact) mass is 634 g/mol. The van der Waals surface area contributed by atoms with Gasteiger partial charge in [0.05, 0.1) is 22.8 Å². The maximum atomic E-state index is 14.1. The summed E-state index contributed by atoms with van der Waals surface area (Å²) in [7, 11) is 0. The largest absolute Gasteiger partial charge is 0.367 e. The predicted molar refractivity (Wildman–Crippen MR) is 186 cm³/mol. The summed E-state index contributed by atoms with van der Waals surface area (Å²) in [6, 6.07) is 28.7. The highest BCUT2D eigenvalue weighted by Gasteiger charge is 2.29. The lowest BCUT2D eigenvalue weighted by Gasteiger charge is -2.36. The Morgan fingerprint density at radius 3 is 2.37 bits per heavy atom. The first kappa shape index (κ1) is 31.6. The van der Waals surface area contributed by atoms with Gasteiger partial charge in [0, 0.05) is 43.2 Å². The maximum Gasteiger partial charge on any atom is 0.265 e. The molecule has 1 saturated heterocycles. The number of aryl methyl sites for hydroxylation is 2. The van der Waals surface area contributed by atoms with Gasteiger partial charge in [0.25, 0.3) is 11.8 Å². The number of piperazine rings is 1. The molecule has 0 spiro atoms. The number of fused-ring (bicyclic) bond motifs is 1. The standard InChI is InChI=1S/C38H39FN4O2S/c1-27-12-13-28(2)31(24-27)26-43-34-10-5-6-11-35(34)46-36(38(43)45)25-29-14-16-30(17-15-29)37(44)40-18-7-19-41-20-22-42(23-21-41)33-9-4-3-8-32(33)39/h3-6,8-17,24-25H,7,18-23,26H2,1-2H3,(H,40,44)/b36-25+. The number of rotatable bonds is 9. The van der Waals surface area contributed by atoms with Crippen molar-refractivity contribution in [2.24, 2.45) is 0 Å². The summed E-state index contributed by atoms with van der Waals surface area (Å²) in [5.74, 6) is -0.313. The molecule has 0 atom stereocenters. The van der Waals surface area contributed by atoms with Gasteiger partial charge in [0.2, 0.25) is 0 Å². The van der Waals surface area contributed by atoms with Crippen LogP contribution in [0.15, 0.2) is 101 Å². The van der Waals surface area contributed by atoms with Crippen molar-refractivity contribution in [3.63, 3.8) is 0 Å². The van der Waals surface area contributed by atoms with Crippen LogP contribution < -0.4 is 15.1 Å². The Balaban J connectivity index is 1.02. The van der Waals surface area contributed by atoms with Gasteiger partial charge in [-0.1, -0.05) is 71.9 Å². The minimum atomic E-state index is -0.175. The zero-order valence-corrected chi connectivity index (χ0v) is 27.2. The molecular weight excluding hydrogens is 596 g/mol. The lowest BCUT2D eigenvalue weighted by atomic mass is 10.0. The van der Waals surface area contributed by atoms with Crippen LogP contribution in [-0.4, -0.2) is 56.0 Å². The second kappa shape index (κ2) is 14.4. The molecule has 6 nitrogen and oxygen atoms in total. The fraction of sp³-hybridized carbons (Fsp3) is 0.263. The first-order valence-corrected chi connectivity index (χ1v) is 16.6. The first-order valence-electron chi connectivity index (χ1n) is 15.8. The van der Waals surface area contributed by atoms with E-state index in [2.05, 4.69) is 53.2 Å². The minimum Gasteiger partial charge on any atom is -0.367 e. The van der Waals surface area contributed by atoms with Crippen LogP contribution in [0.25, 0.3) is 6.08 Å². The molecule has 46 heavy (non-hydrogen) atoms. The van der Waals surface area contributed by atoms with Crippen LogP contribution >= 0.6 is 11.8 Å². The number of para-hydroxylation sites is 2. The lowest BCUT2D eigenvalue weighted by Crippen LogP contribution is -2.47. The van der Waals surface area contributed by atoms with E-state index in [1.54, 1.807) is 6.07 Å². The van der Waals surface area contributed by atoms with Gasteiger partial charge in [0.1, 0.15) is 5.82 Å². The van der Waals surface area contributed by atoms with Crippen molar-refractivity contribution in [1.82, 2.24) is 10.2 Å². The number of nitrogens with one attached hydrogen (secondary N) is 1. The van der Waals surface area contributed by atoms with Crippen molar-refractivity contribution in [2.45, 2.75) is 31.7 Å². The summed E-state index contributed by atoms with van der Waals surface area (Å²) in [5.41, 5.74) is 6.51. The Bertz CT molecular complexity index is 1750. The van der Waals surface area contributed by atoms with Crippen LogP contribution in [0, 0.1) is 19.7 Å². The number of benzene rings is 4. The van der Waals surface area contributed by atoms with E-state index in [0.717, 1.165) is 66.4 Å². The smallest absolute Gasteiger partial charge is 0.265 e. The Kier molecular flexibility index (Phi) is 9.85. The van der Waals surface area contributed by atoms with Gasteiger partial charge in [-0.25, -0.2) is 4.39 Å². The van der Waals surface area contributed by atoms with Crippen LogP contribution in [0.4, 0.5) is 15.8 Å². The second-order valence-corrected chi connectivity index (χ2v) is 13.0. The number of hydrogen-bond donors (Lipinski definition) is 1. The summed E-state index contributed by atoms with van der Waals surface area (Å²) in [6.07, 6.45) is 2.75. The Labute approximate surface area is 274 Å². The average Bonchev–Trinajstić information content (AvgIpc) is 3.07. The van der Waals surface area contributed by atoms with Gasteiger partial charge < -0.3 is 15.1 Å². The van der Waals surface area contributed by atoms with E-state index >= 15 is 0 Å². The summed E-state index contributed by atoms with van der Waals surface area (Å²) in [4.78, 5) is 34.6. The van der Waals surface area contributed by atoms with Gasteiger partial charge in [-0.2, -0.15) is 0 Å². The van der Waals surface area contributed by atoms with E-state index in [0.29, 0.717) is 29.2 Å². The number of carbonyl (C=O) groups is 2. The Hall–Kier alpha value is -4.40. The van der Waals surface area contributed by atoms with Gasteiger partial charge in [0.15, 0.2) is 0 Å². The molecule has 0 saturated carbocycles. The molecule has 2 amide bonds. The van der Waals surface area contributed by atoms with Crippen molar-refractivity contribution in [1.29, 1.82) is 0 Å². The summed E-state index contributed by atoms with van der Waals surface area (Å²) in [5, 5.41) is 3.03. The van der Waals surface area contributed by atoms with Crippen LogP contribution in [0.2, 0.25) is 0 Å². The van der Waals surface area contributed by atoms with E-state index in [1.807, 2.05) is 65.6 Å². The first-order chi connectivity index (χ1) is 22.4. The molecule has 2 heterocycles. The molecule has 8 heteroatoms. The summed E-state index contributed by atoms with van der Waals surface area (Å²) < 4.78 is 14.1. The Morgan fingerprint density at radius 2 is 1.61 bits per heavy atom. The van der Waals surface area contributed by atoms with Gasteiger partial charge in [-0.05, 0) is 86.0 Å². The number of nitrogens with zero attached hydrogens (tertiary/aromatic N) is 3.